The van der Waals surface area contributed by atoms with Crippen LogP contribution in [-0.2, 0) is 0 Å². The monoisotopic (exact) mass is 325 g/mol. The van der Waals surface area contributed by atoms with E-state index in [-0.39, 0.29) is 0 Å². The van der Waals surface area contributed by atoms with Crippen molar-refractivity contribution in [2.24, 2.45) is 0 Å². The Labute approximate surface area is 137 Å². The fraction of sp³-hybridized carbons (Fsp3) is 0.333. The highest BCUT2D eigenvalue weighted by Gasteiger charge is 2.28. The Morgan fingerprint density at radius 2 is 2.09 bits per heavy atom. The molecule has 4 rings (SSSR count). The zero-order chi connectivity index (χ0) is 15.8. The van der Waals surface area contributed by atoms with Gasteiger partial charge in [0, 0.05) is 29.2 Å². The first-order chi connectivity index (χ1) is 11.2. The molecule has 7 nitrogen and oxygen atoms in total. The standard InChI is InChI=1S/C15H15N7S/c1-9-10(2)17-13(11-4-3-7-16-8-11)18-14(9)23-15-19-20-21-22(15)12-5-6-12/h3-4,7-8,12H,5-6H2,1-2H3. The number of nitrogens with zero attached hydrogens (tertiary/aromatic N) is 7. The summed E-state index contributed by atoms with van der Waals surface area (Å²) < 4.78 is 1.89. The molecular weight excluding hydrogens is 310 g/mol. The summed E-state index contributed by atoms with van der Waals surface area (Å²) in [6.07, 6.45) is 5.79. The van der Waals surface area contributed by atoms with E-state index in [0.717, 1.165) is 39.8 Å². The van der Waals surface area contributed by atoms with E-state index in [1.165, 1.54) is 11.8 Å². The highest BCUT2D eigenvalue weighted by Crippen LogP contribution is 2.38. The second-order valence-electron chi connectivity index (χ2n) is 5.54. The number of aromatic nitrogens is 7. The summed E-state index contributed by atoms with van der Waals surface area (Å²) >= 11 is 1.49. The van der Waals surface area contributed by atoms with E-state index < -0.39 is 0 Å². The molecule has 3 aromatic heterocycles. The smallest absolute Gasteiger partial charge is 0.215 e. The third-order valence-electron chi connectivity index (χ3n) is 3.81. The average molecular weight is 325 g/mol. The molecule has 0 aromatic carbocycles. The lowest BCUT2D eigenvalue weighted by Gasteiger charge is -2.09. The maximum Gasteiger partial charge on any atom is 0.215 e. The van der Waals surface area contributed by atoms with Crippen LogP contribution in [0.15, 0.2) is 34.7 Å². The van der Waals surface area contributed by atoms with Gasteiger partial charge in [-0.15, -0.1) is 5.10 Å². The topological polar surface area (TPSA) is 82.3 Å². The van der Waals surface area contributed by atoms with Crippen LogP contribution in [0.1, 0.15) is 30.1 Å². The number of rotatable bonds is 4. The Morgan fingerprint density at radius 1 is 1.22 bits per heavy atom. The van der Waals surface area contributed by atoms with E-state index in [2.05, 4.69) is 25.5 Å². The van der Waals surface area contributed by atoms with E-state index in [1.807, 2.05) is 30.7 Å². The van der Waals surface area contributed by atoms with E-state index in [9.17, 15) is 0 Å². The molecule has 0 spiro atoms. The molecule has 1 aliphatic carbocycles. The van der Waals surface area contributed by atoms with E-state index in [1.54, 1.807) is 12.4 Å². The highest BCUT2D eigenvalue weighted by atomic mass is 32.2. The van der Waals surface area contributed by atoms with Crippen molar-refractivity contribution >= 4 is 11.8 Å². The number of hydrogen-bond acceptors (Lipinski definition) is 7. The minimum Gasteiger partial charge on any atom is -0.264 e. The van der Waals surface area contributed by atoms with Gasteiger partial charge in [0.1, 0.15) is 5.03 Å². The number of tetrazole rings is 1. The lowest BCUT2D eigenvalue weighted by atomic mass is 10.2. The molecule has 0 N–H and O–H groups in total. The molecule has 0 unspecified atom stereocenters. The van der Waals surface area contributed by atoms with Gasteiger partial charge in [0.25, 0.3) is 0 Å². The van der Waals surface area contributed by atoms with Crippen LogP contribution >= 0.6 is 11.8 Å². The van der Waals surface area contributed by atoms with Gasteiger partial charge in [0.2, 0.25) is 5.16 Å². The van der Waals surface area contributed by atoms with E-state index >= 15 is 0 Å². The molecule has 1 saturated carbocycles. The van der Waals surface area contributed by atoms with Gasteiger partial charge in [-0.25, -0.2) is 14.6 Å². The van der Waals surface area contributed by atoms with Crippen LogP contribution < -0.4 is 0 Å². The summed E-state index contributed by atoms with van der Waals surface area (Å²) in [7, 11) is 0. The fourth-order valence-electron chi connectivity index (χ4n) is 2.21. The van der Waals surface area contributed by atoms with Crippen molar-refractivity contribution in [2.45, 2.75) is 42.9 Å². The Balaban J connectivity index is 1.73. The van der Waals surface area contributed by atoms with Crippen LogP contribution in [0.3, 0.4) is 0 Å². The molecule has 0 aliphatic heterocycles. The van der Waals surface area contributed by atoms with Crippen LogP contribution in [0.5, 0.6) is 0 Å². The summed E-state index contributed by atoms with van der Waals surface area (Å²) in [5.41, 5.74) is 2.90. The number of aryl methyl sites for hydroxylation is 1. The van der Waals surface area contributed by atoms with Crippen molar-refractivity contribution in [3.05, 3.63) is 35.8 Å². The molecule has 0 bridgehead atoms. The summed E-state index contributed by atoms with van der Waals surface area (Å²) in [5.74, 6) is 0.675. The molecule has 1 fully saturated rings. The Kier molecular flexibility index (Phi) is 3.53. The second-order valence-corrected chi connectivity index (χ2v) is 6.50. The quantitative estimate of drug-likeness (QED) is 0.682. The van der Waals surface area contributed by atoms with Crippen LogP contribution in [0.25, 0.3) is 11.4 Å². The zero-order valence-electron chi connectivity index (χ0n) is 12.8. The Morgan fingerprint density at radius 3 is 2.83 bits per heavy atom. The van der Waals surface area contributed by atoms with Gasteiger partial charge in [-0.3, -0.25) is 4.98 Å². The predicted molar refractivity (Wildman–Crippen MR) is 84.9 cm³/mol. The number of hydrogen-bond donors (Lipinski definition) is 0. The molecule has 0 radical (unpaired) electrons. The van der Waals surface area contributed by atoms with E-state index in [4.69, 9.17) is 4.98 Å². The lowest BCUT2D eigenvalue weighted by molar-refractivity contribution is 0.565. The largest absolute Gasteiger partial charge is 0.264 e. The predicted octanol–water partition coefficient (Wildman–Crippen LogP) is 2.63. The molecule has 3 heterocycles. The molecule has 23 heavy (non-hydrogen) atoms. The highest BCUT2D eigenvalue weighted by molar-refractivity contribution is 7.99. The minimum absolute atomic E-state index is 0.438. The van der Waals surface area contributed by atoms with Gasteiger partial charge < -0.3 is 0 Å². The minimum atomic E-state index is 0.438. The molecule has 0 saturated heterocycles. The summed E-state index contributed by atoms with van der Waals surface area (Å²) in [4.78, 5) is 13.4. The van der Waals surface area contributed by atoms with Gasteiger partial charge >= 0.3 is 0 Å². The van der Waals surface area contributed by atoms with Crippen molar-refractivity contribution in [3.63, 3.8) is 0 Å². The molecular formula is C15H15N7S. The van der Waals surface area contributed by atoms with Gasteiger partial charge in [-0.1, -0.05) is 0 Å². The summed E-state index contributed by atoms with van der Waals surface area (Å²) in [6.45, 7) is 4.01. The second kappa shape index (κ2) is 5.69. The van der Waals surface area contributed by atoms with Crippen molar-refractivity contribution in [2.75, 3.05) is 0 Å². The maximum absolute atomic E-state index is 4.70. The van der Waals surface area contributed by atoms with Gasteiger partial charge in [-0.05, 0) is 61.0 Å². The molecule has 8 heteroatoms. The van der Waals surface area contributed by atoms with Gasteiger partial charge in [0.05, 0.1) is 6.04 Å². The molecule has 0 amide bonds. The molecule has 116 valence electrons. The Bertz CT molecular complexity index is 842. The van der Waals surface area contributed by atoms with Crippen LogP contribution in [0.2, 0.25) is 0 Å². The van der Waals surface area contributed by atoms with Crippen molar-refractivity contribution in [1.82, 2.24) is 35.2 Å². The van der Waals surface area contributed by atoms with Gasteiger partial charge in [-0.2, -0.15) is 0 Å². The van der Waals surface area contributed by atoms with Crippen LogP contribution in [-0.4, -0.2) is 35.2 Å². The molecule has 1 aliphatic rings. The van der Waals surface area contributed by atoms with Gasteiger partial charge in [0.15, 0.2) is 5.82 Å². The maximum atomic E-state index is 4.70. The Hall–Kier alpha value is -2.35. The molecule has 0 atom stereocenters. The summed E-state index contributed by atoms with van der Waals surface area (Å²) in [6, 6.07) is 4.28. The normalized spacial score (nSPS) is 14.2. The van der Waals surface area contributed by atoms with Crippen molar-refractivity contribution in [3.8, 4) is 11.4 Å². The van der Waals surface area contributed by atoms with Crippen molar-refractivity contribution < 1.29 is 0 Å². The third-order valence-corrected chi connectivity index (χ3v) is 4.85. The third kappa shape index (κ3) is 2.81. The first-order valence-corrected chi connectivity index (χ1v) is 8.25. The van der Waals surface area contributed by atoms with Crippen LogP contribution in [0.4, 0.5) is 0 Å². The SMILES string of the molecule is Cc1nc(-c2cccnc2)nc(Sc2nnnn2C2CC2)c1C. The average Bonchev–Trinajstić information content (AvgIpc) is 3.32. The summed E-state index contributed by atoms with van der Waals surface area (Å²) in [5, 5.41) is 13.7. The first kappa shape index (κ1) is 14.3. The fourth-order valence-corrected chi connectivity index (χ4v) is 3.18. The zero-order valence-corrected chi connectivity index (χ0v) is 13.7. The number of pyridine rings is 1. The van der Waals surface area contributed by atoms with Crippen molar-refractivity contribution in [1.29, 1.82) is 0 Å². The lowest BCUT2D eigenvalue weighted by Crippen LogP contribution is -2.02. The first-order valence-electron chi connectivity index (χ1n) is 7.43. The van der Waals surface area contributed by atoms with E-state index in [0.29, 0.717) is 11.9 Å². The van der Waals surface area contributed by atoms with Crippen LogP contribution in [0, 0.1) is 13.8 Å². The molecule has 3 aromatic rings.